The van der Waals surface area contributed by atoms with E-state index in [-0.39, 0.29) is 11.9 Å². The van der Waals surface area contributed by atoms with Crippen molar-refractivity contribution in [2.45, 2.75) is 32.7 Å². The number of likely N-dealkylation sites (tertiary alicyclic amines) is 1. The molecule has 0 N–H and O–H groups in total. The van der Waals surface area contributed by atoms with Crippen LogP contribution in [0.15, 0.2) is 30.7 Å². The molecule has 6 heteroatoms. The number of carbonyl (C=O) groups excluding carboxylic acids is 1. The fraction of sp³-hybridized carbons (Fsp3) is 0.444. The third kappa shape index (κ3) is 3.43. The Morgan fingerprint density at radius 3 is 3.00 bits per heavy atom. The molecule has 1 aliphatic heterocycles. The van der Waals surface area contributed by atoms with E-state index in [2.05, 4.69) is 15.0 Å². The van der Waals surface area contributed by atoms with Gasteiger partial charge in [0, 0.05) is 37.3 Å². The summed E-state index contributed by atoms with van der Waals surface area (Å²) in [6.07, 6.45) is 7.05. The second-order valence-corrected chi connectivity index (χ2v) is 5.89. The minimum atomic E-state index is -0.00700. The Hall–Kier alpha value is -2.34. The molecule has 3 heterocycles. The predicted octanol–water partition coefficient (Wildman–Crippen LogP) is 2.49. The summed E-state index contributed by atoms with van der Waals surface area (Å²) in [5.41, 5.74) is 2.09. The van der Waals surface area contributed by atoms with E-state index < -0.39 is 0 Å². The molecule has 3 rings (SSSR count). The Labute approximate surface area is 141 Å². The van der Waals surface area contributed by atoms with Gasteiger partial charge in [0.15, 0.2) is 5.82 Å². The Morgan fingerprint density at radius 2 is 2.29 bits per heavy atom. The third-order valence-corrected chi connectivity index (χ3v) is 4.28. The number of ether oxygens (including phenoxy) is 1. The largest absolute Gasteiger partial charge is 0.380 e. The van der Waals surface area contributed by atoms with Crippen LogP contribution in [-0.2, 0) is 4.74 Å². The molecule has 6 nitrogen and oxygen atoms in total. The van der Waals surface area contributed by atoms with Gasteiger partial charge in [0.05, 0.1) is 23.9 Å². The number of nitrogens with zero attached hydrogens (tertiary/aromatic N) is 4. The average Bonchev–Trinajstić information content (AvgIpc) is 3.08. The molecule has 2 aromatic heterocycles. The Kier molecular flexibility index (Phi) is 5.15. The fourth-order valence-corrected chi connectivity index (χ4v) is 3.00. The van der Waals surface area contributed by atoms with E-state index in [1.807, 2.05) is 30.9 Å². The maximum Gasteiger partial charge on any atom is 0.257 e. The lowest BCUT2D eigenvalue weighted by atomic mass is 10.1. The second-order valence-electron chi connectivity index (χ2n) is 5.89. The van der Waals surface area contributed by atoms with Crippen molar-refractivity contribution < 1.29 is 9.53 Å². The van der Waals surface area contributed by atoms with E-state index in [1.165, 1.54) is 0 Å². The first-order chi connectivity index (χ1) is 11.7. The van der Waals surface area contributed by atoms with E-state index in [0.29, 0.717) is 30.3 Å². The molecule has 1 amide bonds. The van der Waals surface area contributed by atoms with Gasteiger partial charge in [-0.1, -0.05) is 0 Å². The molecular formula is C18H22N4O2. The van der Waals surface area contributed by atoms with Crippen LogP contribution < -0.4 is 0 Å². The molecule has 126 valence electrons. The van der Waals surface area contributed by atoms with Crippen LogP contribution in [-0.4, -0.2) is 51.6 Å². The van der Waals surface area contributed by atoms with Crippen LogP contribution >= 0.6 is 0 Å². The van der Waals surface area contributed by atoms with Crippen molar-refractivity contribution in [1.29, 1.82) is 0 Å². The molecule has 0 aliphatic carbocycles. The molecule has 1 saturated heterocycles. The molecule has 24 heavy (non-hydrogen) atoms. The number of hydrogen-bond donors (Lipinski definition) is 0. The van der Waals surface area contributed by atoms with Gasteiger partial charge in [-0.2, -0.15) is 0 Å². The first-order valence-corrected chi connectivity index (χ1v) is 8.33. The SMILES string of the molecule is CCOC[C@@H]1CCCN1C(=O)c1cnc(-c2cccnc2)nc1C. The quantitative estimate of drug-likeness (QED) is 0.844. The number of aryl methyl sites for hydroxylation is 1. The Balaban J connectivity index is 1.80. The number of carbonyl (C=O) groups is 1. The molecule has 0 saturated carbocycles. The monoisotopic (exact) mass is 326 g/mol. The van der Waals surface area contributed by atoms with Gasteiger partial charge in [-0.25, -0.2) is 9.97 Å². The highest BCUT2D eigenvalue weighted by Gasteiger charge is 2.30. The van der Waals surface area contributed by atoms with Gasteiger partial charge in [0.25, 0.3) is 5.91 Å². The van der Waals surface area contributed by atoms with Gasteiger partial charge in [0.2, 0.25) is 0 Å². The van der Waals surface area contributed by atoms with E-state index in [9.17, 15) is 4.79 Å². The minimum Gasteiger partial charge on any atom is -0.380 e. The van der Waals surface area contributed by atoms with Crippen molar-refractivity contribution in [3.63, 3.8) is 0 Å². The van der Waals surface area contributed by atoms with Crippen molar-refractivity contribution in [1.82, 2.24) is 19.9 Å². The molecule has 0 aromatic carbocycles. The van der Waals surface area contributed by atoms with E-state index >= 15 is 0 Å². The van der Waals surface area contributed by atoms with Gasteiger partial charge >= 0.3 is 0 Å². The van der Waals surface area contributed by atoms with Crippen LogP contribution in [0.5, 0.6) is 0 Å². The molecular weight excluding hydrogens is 304 g/mol. The van der Waals surface area contributed by atoms with E-state index in [0.717, 1.165) is 24.9 Å². The van der Waals surface area contributed by atoms with Crippen LogP contribution in [0.2, 0.25) is 0 Å². The maximum absolute atomic E-state index is 12.9. The molecule has 1 aliphatic rings. The third-order valence-electron chi connectivity index (χ3n) is 4.28. The first kappa shape index (κ1) is 16.5. The highest BCUT2D eigenvalue weighted by atomic mass is 16.5. The van der Waals surface area contributed by atoms with Crippen LogP contribution in [0.1, 0.15) is 35.8 Å². The summed E-state index contributed by atoms with van der Waals surface area (Å²) in [6.45, 7) is 5.84. The highest BCUT2D eigenvalue weighted by Crippen LogP contribution is 2.22. The summed E-state index contributed by atoms with van der Waals surface area (Å²) < 4.78 is 5.51. The Bertz CT molecular complexity index is 705. The lowest BCUT2D eigenvalue weighted by Crippen LogP contribution is -2.38. The average molecular weight is 326 g/mol. The highest BCUT2D eigenvalue weighted by molar-refractivity contribution is 5.95. The summed E-state index contributed by atoms with van der Waals surface area (Å²) in [5.74, 6) is 0.580. The van der Waals surface area contributed by atoms with Gasteiger partial charge in [-0.3, -0.25) is 9.78 Å². The molecule has 1 atom stereocenters. The van der Waals surface area contributed by atoms with E-state index in [4.69, 9.17) is 4.74 Å². The summed E-state index contributed by atoms with van der Waals surface area (Å²) in [7, 11) is 0. The van der Waals surface area contributed by atoms with Gasteiger partial charge in [0.1, 0.15) is 0 Å². The minimum absolute atomic E-state index is 0.00700. The lowest BCUT2D eigenvalue weighted by molar-refractivity contribution is 0.0563. The molecule has 1 fully saturated rings. The molecule has 0 spiro atoms. The summed E-state index contributed by atoms with van der Waals surface area (Å²) in [4.78, 5) is 27.7. The fourth-order valence-electron chi connectivity index (χ4n) is 3.00. The first-order valence-electron chi connectivity index (χ1n) is 8.33. The number of hydrogen-bond acceptors (Lipinski definition) is 5. The molecule has 2 aromatic rings. The van der Waals surface area contributed by atoms with Crippen molar-refractivity contribution in [3.05, 3.63) is 42.0 Å². The Morgan fingerprint density at radius 1 is 1.42 bits per heavy atom. The number of amides is 1. The van der Waals surface area contributed by atoms with Crippen LogP contribution in [0.4, 0.5) is 0 Å². The van der Waals surface area contributed by atoms with Gasteiger partial charge in [-0.05, 0) is 38.8 Å². The number of aromatic nitrogens is 3. The number of pyridine rings is 1. The summed E-state index contributed by atoms with van der Waals surface area (Å²) in [6, 6.07) is 3.90. The summed E-state index contributed by atoms with van der Waals surface area (Å²) >= 11 is 0. The van der Waals surface area contributed by atoms with E-state index in [1.54, 1.807) is 18.6 Å². The molecule has 0 bridgehead atoms. The topological polar surface area (TPSA) is 68.2 Å². The van der Waals surface area contributed by atoms with Gasteiger partial charge in [-0.15, -0.1) is 0 Å². The zero-order valence-corrected chi connectivity index (χ0v) is 14.1. The van der Waals surface area contributed by atoms with Crippen molar-refractivity contribution in [3.8, 4) is 11.4 Å². The second kappa shape index (κ2) is 7.49. The predicted molar refractivity (Wildman–Crippen MR) is 90.6 cm³/mol. The van der Waals surface area contributed by atoms with Crippen molar-refractivity contribution in [2.24, 2.45) is 0 Å². The normalized spacial score (nSPS) is 17.2. The van der Waals surface area contributed by atoms with Crippen LogP contribution in [0.25, 0.3) is 11.4 Å². The maximum atomic E-state index is 12.9. The lowest BCUT2D eigenvalue weighted by Gasteiger charge is -2.25. The number of rotatable bonds is 5. The molecule has 0 unspecified atom stereocenters. The zero-order valence-electron chi connectivity index (χ0n) is 14.1. The van der Waals surface area contributed by atoms with Crippen molar-refractivity contribution >= 4 is 5.91 Å². The van der Waals surface area contributed by atoms with Crippen LogP contribution in [0, 0.1) is 6.92 Å². The van der Waals surface area contributed by atoms with Gasteiger partial charge < -0.3 is 9.64 Å². The van der Waals surface area contributed by atoms with Crippen LogP contribution in [0.3, 0.4) is 0 Å². The summed E-state index contributed by atoms with van der Waals surface area (Å²) in [5, 5.41) is 0. The van der Waals surface area contributed by atoms with Crippen molar-refractivity contribution in [2.75, 3.05) is 19.8 Å². The smallest absolute Gasteiger partial charge is 0.257 e. The zero-order chi connectivity index (χ0) is 16.9. The molecule has 0 radical (unpaired) electrons. The standard InChI is InChI=1S/C18H22N4O2/c1-3-24-12-15-7-5-9-22(15)18(23)16-11-20-17(21-13(16)2)14-6-4-8-19-10-14/h4,6,8,10-11,15H,3,5,7,9,12H2,1-2H3/t15-/m0/s1.